The number of hydrogen-bond donors (Lipinski definition) is 2. The van der Waals surface area contributed by atoms with Gasteiger partial charge in [-0.15, -0.1) is 0 Å². The Morgan fingerprint density at radius 1 is 1.00 bits per heavy atom. The first kappa shape index (κ1) is 27.5. The zero-order chi connectivity index (χ0) is 28.6. The Morgan fingerprint density at radius 2 is 1.70 bits per heavy atom. The first-order valence-electron chi connectivity index (χ1n) is 13.5. The van der Waals surface area contributed by atoms with Gasteiger partial charge < -0.3 is 11.1 Å². The predicted octanol–water partition coefficient (Wildman–Crippen LogP) is 6.69. The minimum Gasteiger partial charge on any atom is -0.351 e. The number of para-hydroxylation sites is 1. The van der Waals surface area contributed by atoms with Crippen molar-refractivity contribution in [1.82, 2.24) is 14.7 Å². The van der Waals surface area contributed by atoms with Crippen molar-refractivity contribution in [2.75, 3.05) is 11.9 Å². The number of aryl methyl sites for hydroxylation is 2. The molecule has 1 aliphatic heterocycles. The van der Waals surface area contributed by atoms with Gasteiger partial charge in [0.25, 0.3) is 0 Å². The van der Waals surface area contributed by atoms with Gasteiger partial charge in [-0.05, 0) is 43.0 Å². The van der Waals surface area contributed by atoms with Gasteiger partial charge in [-0.1, -0.05) is 50.2 Å². The number of aromatic nitrogens is 2. The summed E-state index contributed by atoms with van der Waals surface area (Å²) in [5.74, 6) is -1.82. The SMILES string of the molecule is CCc1cccc(CC)c1-n1nc2c(c1-c1cc(F)c(NC(N)=O)cc1F)CN(C(C)c1ccccc1F)CC2. The van der Waals surface area contributed by atoms with Crippen molar-refractivity contribution < 1.29 is 18.0 Å². The van der Waals surface area contributed by atoms with Crippen LogP contribution in [0.25, 0.3) is 16.9 Å². The number of nitrogens with two attached hydrogens (primary N) is 1. The number of nitrogens with one attached hydrogen (secondary N) is 1. The van der Waals surface area contributed by atoms with Gasteiger partial charge in [0.1, 0.15) is 17.5 Å². The molecule has 0 saturated heterocycles. The molecule has 0 bridgehead atoms. The fraction of sp³-hybridized carbons (Fsp3) is 0.290. The summed E-state index contributed by atoms with van der Waals surface area (Å²) in [6, 6.07) is 13.5. The third-order valence-corrected chi connectivity index (χ3v) is 7.71. The molecule has 0 saturated carbocycles. The van der Waals surface area contributed by atoms with E-state index < -0.39 is 17.7 Å². The van der Waals surface area contributed by atoms with Crippen LogP contribution in [0.4, 0.5) is 23.7 Å². The molecule has 2 amide bonds. The van der Waals surface area contributed by atoms with Gasteiger partial charge in [-0.3, -0.25) is 4.90 Å². The number of amides is 2. The lowest BCUT2D eigenvalue weighted by Crippen LogP contribution is -2.33. The molecule has 0 radical (unpaired) electrons. The van der Waals surface area contributed by atoms with Crippen LogP contribution in [0.15, 0.2) is 54.6 Å². The lowest BCUT2D eigenvalue weighted by atomic mass is 9.96. The lowest BCUT2D eigenvalue weighted by molar-refractivity contribution is 0.188. The van der Waals surface area contributed by atoms with E-state index in [4.69, 9.17) is 10.8 Å². The van der Waals surface area contributed by atoms with E-state index in [0.29, 0.717) is 30.8 Å². The molecule has 1 atom stereocenters. The number of halogens is 3. The van der Waals surface area contributed by atoms with Gasteiger partial charge in [0, 0.05) is 48.3 Å². The molecule has 0 fully saturated rings. The molecular weight excluding hydrogens is 515 g/mol. The number of urea groups is 1. The number of carbonyl (C=O) groups excluding carboxylic acids is 1. The van der Waals surface area contributed by atoms with Crippen LogP contribution in [0.5, 0.6) is 0 Å². The van der Waals surface area contributed by atoms with Crippen LogP contribution in [-0.2, 0) is 25.8 Å². The second kappa shape index (κ2) is 11.2. The van der Waals surface area contributed by atoms with Crippen molar-refractivity contribution in [3.8, 4) is 16.9 Å². The molecule has 9 heteroatoms. The topological polar surface area (TPSA) is 76.2 Å². The quantitative estimate of drug-likeness (QED) is 0.271. The molecule has 0 spiro atoms. The molecule has 4 aromatic rings. The highest BCUT2D eigenvalue weighted by atomic mass is 19.1. The van der Waals surface area contributed by atoms with Crippen LogP contribution < -0.4 is 11.1 Å². The summed E-state index contributed by atoms with van der Waals surface area (Å²) in [6.45, 7) is 7.04. The Hall–Kier alpha value is -4.11. The molecule has 3 N–H and O–H groups in total. The highest BCUT2D eigenvalue weighted by Crippen LogP contribution is 2.39. The normalized spacial score (nSPS) is 14.2. The number of nitrogens with zero attached hydrogens (tertiary/aromatic N) is 3. The Kier molecular flexibility index (Phi) is 7.67. The van der Waals surface area contributed by atoms with Gasteiger partial charge in [0.15, 0.2) is 0 Å². The number of rotatable bonds is 7. The van der Waals surface area contributed by atoms with E-state index in [-0.39, 0.29) is 23.1 Å². The zero-order valence-corrected chi connectivity index (χ0v) is 22.8. The number of hydrogen-bond acceptors (Lipinski definition) is 3. The van der Waals surface area contributed by atoms with Crippen molar-refractivity contribution in [3.63, 3.8) is 0 Å². The van der Waals surface area contributed by atoms with Gasteiger partial charge in [0.2, 0.25) is 0 Å². The zero-order valence-electron chi connectivity index (χ0n) is 22.8. The molecule has 40 heavy (non-hydrogen) atoms. The summed E-state index contributed by atoms with van der Waals surface area (Å²) in [5.41, 5.74) is 10.3. The third-order valence-electron chi connectivity index (χ3n) is 7.71. The Balaban J connectivity index is 1.71. The number of fused-ring (bicyclic) bond motifs is 1. The third kappa shape index (κ3) is 4.97. The molecule has 3 aromatic carbocycles. The monoisotopic (exact) mass is 547 g/mol. The summed E-state index contributed by atoms with van der Waals surface area (Å²) in [5, 5.41) is 7.11. The highest BCUT2D eigenvalue weighted by Gasteiger charge is 2.32. The van der Waals surface area contributed by atoms with Gasteiger partial charge in [-0.2, -0.15) is 5.10 Å². The second-order valence-electron chi connectivity index (χ2n) is 10.0. The molecular formula is C31H32F3N5O. The first-order chi connectivity index (χ1) is 19.2. The molecule has 5 rings (SSSR count). The summed E-state index contributed by atoms with van der Waals surface area (Å²) in [6.07, 6.45) is 2.01. The molecule has 6 nitrogen and oxygen atoms in total. The van der Waals surface area contributed by atoms with E-state index in [2.05, 4.69) is 10.2 Å². The fourth-order valence-electron chi connectivity index (χ4n) is 5.62. The maximum absolute atomic E-state index is 15.8. The molecule has 208 valence electrons. The van der Waals surface area contributed by atoms with Crippen LogP contribution in [0.2, 0.25) is 0 Å². The minimum absolute atomic E-state index is 0.0228. The smallest absolute Gasteiger partial charge is 0.316 e. The van der Waals surface area contributed by atoms with E-state index in [1.54, 1.807) is 16.8 Å². The van der Waals surface area contributed by atoms with Crippen molar-refractivity contribution in [2.45, 2.75) is 52.6 Å². The molecule has 1 aliphatic rings. The average molecular weight is 548 g/mol. The van der Waals surface area contributed by atoms with Crippen molar-refractivity contribution >= 4 is 11.7 Å². The van der Waals surface area contributed by atoms with Crippen LogP contribution in [0, 0.1) is 17.5 Å². The Bertz CT molecular complexity index is 1560. The molecule has 1 aromatic heterocycles. The van der Waals surface area contributed by atoms with Crippen LogP contribution >= 0.6 is 0 Å². The molecule has 1 unspecified atom stereocenters. The molecule has 2 heterocycles. The van der Waals surface area contributed by atoms with E-state index >= 15 is 8.78 Å². The summed E-state index contributed by atoms with van der Waals surface area (Å²) in [7, 11) is 0. The Labute approximate surface area is 231 Å². The summed E-state index contributed by atoms with van der Waals surface area (Å²) < 4.78 is 47.4. The van der Waals surface area contributed by atoms with Crippen molar-refractivity contribution in [1.29, 1.82) is 0 Å². The lowest BCUT2D eigenvalue weighted by Gasteiger charge is -2.32. The van der Waals surface area contributed by atoms with E-state index in [9.17, 15) is 9.18 Å². The first-order valence-corrected chi connectivity index (χ1v) is 13.5. The van der Waals surface area contributed by atoms with Gasteiger partial charge in [-0.25, -0.2) is 22.6 Å². The van der Waals surface area contributed by atoms with Gasteiger partial charge >= 0.3 is 6.03 Å². The maximum atomic E-state index is 15.8. The minimum atomic E-state index is -0.990. The fourth-order valence-corrected chi connectivity index (χ4v) is 5.62. The predicted molar refractivity (Wildman–Crippen MR) is 150 cm³/mol. The highest BCUT2D eigenvalue weighted by molar-refractivity contribution is 5.88. The standard InChI is InChI=1S/C31H32F3N5O/c1-4-19-9-8-10-20(5-2)29(19)39-30(22-15-26(34)28(16-25(22)33)36-31(35)40)23-17-38(14-13-27(23)37-39)18(3)21-11-6-7-12-24(21)32/h6-12,15-16,18H,4-5,13-14,17H2,1-3H3,(H3,35,36,40). The van der Waals surface area contributed by atoms with E-state index in [1.165, 1.54) is 6.07 Å². The van der Waals surface area contributed by atoms with E-state index in [1.807, 2.05) is 45.0 Å². The van der Waals surface area contributed by atoms with Crippen molar-refractivity contribution in [3.05, 3.63) is 100.0 Å². The summed E-state index contributed by atoms with van der Waals surface area (Å²) >= 11 is 0. The Morgan fingerprint density at radius 3 is 2.35 bits per heavy atom. The van der Waals surface area contributed by atoms with Crippen molar-refractivity contribution in [2.24, 2.45) is 5.73 Å². The molecule has 0 aliphatic carbocycles. The largest absolute Gasteiger partial charge is 0.351 e. The number of anilines is 1. The number of primary amides is 1. The second-order valence-corrected chi connectivity index (χ2v) is 10.0. The number of benzene rings is 3. The number of carbonyl (C=O) groups is 1. The summed E-state index contributed by atoms with van der Waals surface area (Å²) in [4.78, 5) is 13.5. The van der Waals surface area contributed by atoms with Gasteiger partial charge in [0.05, 0.1) is 22.8 Å². The average Bonchev–Trinajstić information content (AvgIpc) is 3.32. The maximum Gasteiger partial charge on any atom is 0.316 e. The van der Waals surface area contributed by atoms with E-state index in [0.717, 1.165) is 53.0 Å². The van der Waals surface area contributed by atoms with Crippen LogP contribution in [0.3, 0.4) is 0 Å². The van der Waals surface area contributed by atoms with Crippen LogP contribution in [-0.4, -0.2) is 27.3 Å². The van der Waals surface area contributed by atoms with Crippen LogP contribution in [0.1, 0.15) is 54.8 Å².